The largest absolute Gasteiger partial charge is 0.384 e. The summed E-state index contributed by atoms with van der Waals surface area (Å²) in [5, 5.41) is 2.44. The summed E-state index contributed by atoms with van der Waals surface area (Å²) in [5.74, 6) is 1.35. The lowest BCUT2D eigenvalue weighted by atomic mass is 10.0. The minimum atomic E-state index is 0.534. The maximum atomic E-state index is 5.89. The van der Waals surface area contributed by atoms with Crippen LogP contribution in [-0.2, 0) is 6.42 Å². The zero-order chi connectivity index (χ0) is 13.9. The van der Waals surface area contributed by atoms with E-state index in [-0.39, 0.29) is 0 Å². The number of nitrogens with zero attached hydrogens (tertiary/aromatic N) is 2. The molecular formula is C17H17N3. The van der Waals surface area contributed by atoms with E-state index in [0.717, 1.165) is 29.9 Å². The van der Waals surface area contributed by atoms with Gasteiger partial charge in [-0.3, -0.25) is 0 Å². The van der Waals surface area contributed by atoms with Crippen LogP contribution in [0.4, 0.5) is 5.82 Å². The zero-order valence-corrected chi connectivity index (χ0v) is 11.5. The fourth-order valence-corrected chi connectivity index (χ4v) is 2.35. The molecule has 3 rings (SSSR count). The maximum absolute atomic E-state index is 5.89. The van der Waals surface area contributed by atoms with Crippen LogP contribution in [-0.4, -0.2) is 9.97 Å². The van der Waals surface area contributed by atoms with Gasteiger partial charge in [0.15, 0.2) is 0 Å². The second kappa shape index (κ2) is 5.29. The summed E-state index contributed by atoms with van der Waals surface area (Å²) in [5.41, 5.74) is 7.86. The Balaban J connectivity index is 2.10. The topological polar surface area (TPSA) is 51.8 Å². The molecule has 3 aromatic rings. The minimum Gasteiger partial charge on any atom is -0.384 e. The molecule has 1 heterocycles. The molecule has 0 fully saturated rings. The number of anilines is 1. The van der Waals surface area contributed by atoms with Crippen LogP contribution in [0.15, 0.2) is 48.5 Å². The first-order chi connectivity index (χ1) is 9.76. The molecule has 0 unspecified atom stereocenters. The average molecular weight is 263 g/mol. The van der Waals surface area contributed by atoms with Crippen molar-refractivity contribution in [1.82, 2.24) is 9.97 Å². The Labute approximate surface area is 118 Å². The molecule has 0 amide bonds. The number of aromatic nitrogens is 2. The highest BCUT2D eigenvalue weighted by molar-refractivity contribution is 5.86. The number of aryl methyl sites for hydroxylation is 1. The molecule has 3 heteroatoms. The van der Waals surface area contributed by atoms with Crippen LogP contribution in [0.5, 0.6) is 0 Å². The van der Waals surface area contributed by atoms with E-state index in [0.29, 0.717) is 5.82 Å². The minimum absolute atomic E-state index is 0.534. The summed E-state index contributed by atoms with van der Waals surface area (Å²) in [4.78, 5) is 8.89. The Kier molecular flexibility index (Phi) is 3.33. The van der Waals surface area contributed by atoms with Crippen LogP contribution in [0, 0.1) is 0 Å². The molecule has 2 N–H and O–H groups in total. The molecule has 0 aliphatic rings. The molecule has 0 aliphatic heterocycles. The number of benzene rings is 2. The first-order valence-corrected chi connectivity index (χ1v) is 6.89. The van der Waals surface area contributed by atoms with Crippen molar-refractivity contribution in [3.63, 3.8) is 0 Å². The molecule has 0 radical (unpaired) electrons. The SMILES string of the molecule is CCCc1nc(N)cc(-c2ccc3ccccc3c2)n1. The summed E-state index contributed by atoms with van der Waals surface area (Å²) in [6, 6.07) is 16.5. The number of fused-ring (bicyclic) bond motifs is 1. The van der Waals surface area contributed by atoms with E-state index in [1.165, 1.54) is 10.8 Å². The third kappa shape index (κ3) is 2.48. The van der Waals surface area contributed by atoms with Gasteiger partial charge in [0.25, 0.3) is 0 Å². The van der Waals surface area contributed by atoms with E-state index in [1.807, 2.05) is 18.2 Å². The highest BCUT2D eigenvalue weighted by Crippen LogP contribution is 2.24. The van der Waals surface area contributed by atoms with Crippen LogP contribution in [0.25, 0.3) is 22.0 Å². The van der Waals surface area contributed by atoms with Gasteiger partial charge in [-0.15, -0.1) is 0 Å². The summed E-state index contributed by atoms with van der Waals surface area (Å²) in [6.45, 7) is 2.11. The van der Waals surface area contributed by atoms with Crippen LogP contribution in [0.2, 0.25) is 0 Å². The molecule has 0 saturated heterocycles. The molecule has 0 saturated carbocycles. The molecule has 100 valence electrons. The molecule has 0 bridgehead atoms. The summed E-state index contributed by atoms with van der Waals surface area (Å²) < 4.78 is 0. The summed E-state index contributed by atoms with van der Waals surface area (Å²) >= 11 is 0. The van der Waals surface area contributed by atoms with Gasteiger partial charge in [-0.2, -0.15) is 0 Å². The Morgan fingerprint density at radius 2 is 1.75 bits per heavy atom. The zero-order valence-electron chi connectivity index (χ0n) is 11.5. The molecule has 0 atom stereocenters. The predicted molar refractivity (Wildman–Crippen MR) is 83.4 cm³/mol. The van der Waals surface area contributed by atoms with Crippen LogP contribution in [0.1, 0.15) is 19.2 Å². The van der Waals surface area contributed by atoms with Gasteiger partial charge >= 0.3 is 0 Å². The Bertz CT molecular complexity index is 750. The first-order valence-electron chi connectivity index (χ1n) is 6.89. The standard InChI is InChI=1S/C17H17N3/c1-2-5-17-19-15(11-16(18)20-17)14-9-8-12-6-3-4-7-13(12)10-14/h3-4,6-11H,2,5H2,1H3,(H2,18,19,20). The van der Waals surface area contributed by atoms with Gasteiger partial charge in [-0.05, 0) is 23.3 Å². The molecular weight excluding hydrogens is 246 g/mol. The lowest BCUT2D eigenvalue weighted by Gasteiger charge is -2.06. The van der Waals surface area contributed by atoms with Crippen molar-refractivity contribution in [2.75, 3.05) is 5.73 Å². The second-order valence-corrected chi connectivity index (χ2v) is 4.91. The van der Waals surface area contributed by atoms with E-state index < -0.39 is 0 Å². The monoisotopic (exact) mass is 263 g/mol. The molecule has 0 aliphatic carbocycles. The van der Waals surface area contributed by atoms with Gasteiger partial charge in [0, 0.05) is 18.1 Å². The van der Waals surface area contributed by atoms with Crippen molar-refractivity contribution in [3.05, 3.63) is 54.4 Å². The smallest absolute Gasteiger partial charge is 0.131 e. The number of rotatable bonds is 3. The van der Waals surface area contributed by atoms with Gasteiger partial charge in [0.2, 0.25) is 0 Å². The van der Waals surface area contributed by atoms with Crippen molar-refractivity contribution >= 4 is 16.6 Å². The predicted octanol–water partition coefficient (Wildman–Crippen LogP) is 3.83. The summed E-state index contributed by atoms with van der Waals surface area (Å²) in [7, 11) is 0. The quantitative estimate of drug-likeness (QED) is 0.781. The van der Waals surface area contributed by atoms with Crippen molar-refractivity contribution in [2.45, 2.75) is 19.8 Å². The van der Waals surface area contributed by atoms with E-state index in [9.17, 15) is 0 Å². The van der Waals surface area contributed by atoms with E-state index >= 15 is 0 Å². The van der Waals surface area contributed by atoms with Gasteiger partial charge in [-0.1, -0.05) is 43.3 Å². The van der Waals surface area contributed by atoms with Crippen LogP contribution >= 0.6 is 0 Å². The highest BCUT2D eigenvalue weighted by Gasteiger charge is 2.05. The fourth-order valence-electron chi connectivity index (χ4n) is 2.35. The van der Waals surface area contributed by atoms with Crippen molar-refractivity contribution in [2.24, 2.45) is 0 Å². The number of nitrogens with two attached hydrogens (primary N) is 1. The Hall–Kier alpha value is -2.42. The van der Waals surface area contributed by atoms with Crippen molar-refractivity contribution in [3.8, 4) is 11.3 Å². The van der Waals surface area contributed by atoms with Crippen LogP contribution < -0.4 is 5.73 Å². The van der Waals surface area contributed by atoms with Crippen LogP contribution in [0.3, 0.4) is 0 Å². The molecule has 0 spiro atoms. The lowest BCUT2D eigenvalue weighted by Crippen LogP contribution is -2.01. The summed E-state index contributed by atoms with van der Waals surface area (Å²) in [6.07, 6.45) is 1.87. The lowest BCUT2D eigenvalue weighted by molar-refractivity contribution is 0.839. The van der Waals surface area contributed by atoms with Crippen molar-refractivity contribution < 1.29 is 0 Å². The highest BCUT2D eigenvalue weighted by atomic mass is 14.9. The third-order valence-corrected chi connectivity index (χ3v) is 3.31. The normalized spacial score (nSPS) is 10.8. The van der Waals surface area contributed by atoms with Gasteiger partial charge in [0.1, 0.15) is 11.6 Å². The van der Waals surface area contributed by atoms with Gasteiger partial charge in [0.05, 0.1) is 5.69 Å². The number of hydrogen-bond acceptors (Lipinski definition) is 3. The molecule has 1 aromatic heterocycles. The maximum Gasteiger partial charge on any atom is 0.131 e. The molecule has 3 nitrogen and oxygen atoms in total. The first kappa shape index (κ1) is 12.6. The van der Waals surface area contributed by atoms with Gasteiger partial charge in [-0.25, -0.2) is 9.97 Å². The van der Waals surface area contributed by atoms with E-state index in [4.69, 9.17) is 5.73 Å². The third-order valence-electron chi connectivity index (χ3n) is 3.31. The van der Waals surface area contributed by atoms with Gasteiger partial charge < -0.3 is 5.73 Å². The second-order valence-electron chi connectivity index (χ2n) is 4.91. The Morgan fingerprint density at radius 3 is 2.55 bits per heavy atom. The number of nitrogen functional groups attached to an aromatic ring is 1. The number of hydrogen-bond donors (Lipinski definition) is 1. The fraction of sp³-hybridized carbons (Fsp3) is 0.176. The molecule has 20 heavy (non-hydrogen) atoms. The van der Waals surface area contributed by atoms with E-state index in [2.05, 4.69) is 47.2 Å². The van der Waals surface area contributed by atoms with Crippen molar-refractivity contribution in [1.29, 1.82) is 0 Å². The Morgan fingerprint density at radius 1 is 0.950 bits per heavy atom. The average Bonchev–Trinajstić information content (AvgIpc) is 2.46. The molecule has 2 aromatic carbocycles. The van der Waals surface area contributed by atoms with E-state index in [1.54, 1.807) is 0 Å².